The van der Waals surface area contributed by atoms with Crippen LogP contribution in [0.15, 0.2) is 29.8 Å². The maximum Gasteiger partial charge on any atom is 0.524 e. The van der Waals surface area contributed by atoms with Crippen LogP contribution in [0.1, 0.15) is 10.4 Å². The van der Waals surface area contributed by atoms with E-state index >= 15 is 0 Å². The monoisotopic (exact) mass is 300 g/mol. The minimum Gasteiger partial charge on any atom is -0.403 e. The van der Waals surface area contributed by atoms with Crippen molar-refractivity contribution in [2.75, 3.05) is 0 Å². The number of phosphoric ester groups is 1. The lowest BCUT2D eigenvalue weighted by Crippen LogP contribution is -2.13. The molecule has 0 fully saturated rings. The van der Waals surface area contributed by atoms with Gasteiger partial charge in [0.1, 0.15) is 10.8 Å². The normalized spacial score (nSPS) is 11.3. The highest BCUT2D eigenvalue weighted by Gasteiger charge is 2.23. The van der Waals surface area contributed by atoms with Gasteiger partial charge in [-0.3, -0.25) is 14.6 Å². The van der Waals surface area contributed by atoms with Gasteiger partial charge >= 0.3 is 7.82 Å². The molecule has 0 aliphatic rings. The van der Waals surface area contributed by atoms with Crippen molar-refractivity contribution in [1.29, 1.82) is 0 Å². The minimum absolute atomic E-state index is 0.0842. The number of carbonyl (C=O) groups is 1. The van der Waals surface area contributed by atoms with Crippen LogP contribution in [0.25, 0.3) is 10.6 Å². The lowest BCUT2D eigenvalue weighted by atomic mass is 10.1. The molecule has 0 unspecified atom stereocenters. The molecular weight excluding hydrogens is 291 g/mol. The summed E-state index contributed by atoms with van der Waals surface area (Å²) in [5.41, 5.74) is 5.50. The molecule has 1 amide bonds. The first-order valence-electron chi connectivity index (χ1n) is 4.96. The predicted octanol–water partition coefficient (Wildman–Crippen LogP) is 1.38. The standard InChI is InChI=1S/C10H9N2O5PS/c11-9(13)6-2-1-3-7(17-18(14,15)16)8(6)10-12-4-5-19-10/h1-5H,(H2,11,13)(H2,14,15,16). The van der Waals surface area contributed by atoms with Crippen LogP contribution < -0.4 is 10.3 Å². The average molecular weight is 300 g/mol. The Kier molecular flexibility index (Phi) is 3.68. The van der Waals surface area contributed by atoms with E-state index < -0.39 is 13.7 Å². The number of hydrogen-bond acceptors (Lipinski definition) is 5. The molecule has 0 radical (unpaired) electrons. The quantitative estimate of drug-likeness (QED) is 0.733. The fourth-order valence-corrected chi connectivity index (χ4v) is 2.62. The van der Waals surface area contributed by atoms with Crippen LogP contribution in [-0.4, -0.2) is 20.7 Å². The Hall–Kier alpha value is -1.73. The number of aromatic nitrogens is 1. The van der Waals surface area contributed by atoms with Gasteiger partial charge < -0.3 is 10.3 Å². The van der Waals surface area contributed by atoms with Crippen LogP contribution >= 0.6 is 19.2 Å². The third-order valence-electron chi connectivity index (χ3n) is 2.16. The molecular formula is C10H9N2O5PS. The highest BCUT2D eigenvalue weighted by molar-refractivity contribution is 7.46. The number of benzene rings is 1. The number of nitrogens with zero attached hydrogens (tertiary/aromatic N) is 1. The Morgan fingerprint density at radius 3 is 2.68 bits per heavy atom. The van der Waals surface area contributed by atoms with Gasteiger partial charge in [-0.1, -0.05) is 6.07 Å². The fourth-order valence-electron chi connectivity index (χ4n) is 1.51. The predicted molar refractivity (Wildman–Crippen MR) is 68.7 cm³/mol. The summed E-state index contributed by atoms with van der Waals surface area (Å²) in [5, 5.41) is 2.05. The first-order valence-corrected chi connectivity index (χ1v) is 7.37. The van der Waals surface area contributed by atoms with E-state index in [0.29, 0.717) is 5.01 Å². The molecule has 4 N–H and O–H groups in total. The van der Waals surface area contributed by atoms with E-state index in [2.05, 4.69) is 9.51 Å². The van der Waals surface area contributed by atoms with E-state index in [1.807, 2.05) is 0 Å². The Bertz CT molecular complexity index is 652. The molecule has 1 aromatic heterocycles. The molecule has 19 heavy (non-hydrogen) atoms. The SMILES string of the molecule is NC(=O)c1cccc(OP(=O)(O)O)c1-c1nccs1. The van der Waals surface area contributed by atoms with Crippen LogP contribution in [0.4, 0.5) is 0 Å². The van der Waals surface area contributed by atoms with Gasteiger partial charge in [0.05, 0.1) is 11.1 Å². The maximum absolute atomic E-state index is 11.4. The van der Waals surface area contributed by atoms with Crippen LogP contribution in [0.5, 0.6) is 5.75 Å². The summed E-state index contributed by atoms with van der Waals surface area (Å²) in [4.78, 5) is 33.1. The van der Waals surface area contributed by atoms with Crippen molar-refractivity contribution in [2.24, 2.45) is 5.73 Å². The van der Waals surface area contributed by atoms with E-state index in [9.17, 15) is 9.36 Å². The van der Waals surface area contributed by atoms with Crippen LogP contribution in [0.2, 0.25) is 0 Å². The number of nitrogens with two attached hydrogens (primary N) is 1. The largest absolute Gasteiger partial charge is 0.524 e. The van der Waals surface area contributed by atoms with E-state index in [1.54, 1.807) is 5.38 Å². The number of hydrogen-bond donors (Lipinski definition) is 3. The molecule has 0 saturated carbocycles. The van der Waals surface area contributed by atoms with Crippen LogP contribution in [0, 0.1) is 0 Å². The van der Waals surface area contributed by atoms with E-state index in [-0.39, 0.29) is 16.9 Å². The van der Waals surface area contributed by atoms with Crippen LogP contribution in [-0.2, 0) is 4.57 Å². The molecule has 0 saturated heterocycles. The van der Waals surface area contributed by atoms with Crippen molar-refractivity contribution in [3.8, 4) is 16.3 Å². The molecule has 1 aromatic carbocycles. The van der Waals surface area contributed by atoms with Crippen molar-refractivity contribution in [2.45, 2.75) is 0 Å². The fraction of sp³-hybridized carbons (Fsp3) is 0. The molecule has 100 valence electrons. The number of rotatable bonds is 4. The first-order chi connectivity index (χ1) is 8.88. The van der Waals surface area contributed by atoms with Crippen molar-refractivity contribution < 1.29 is 23.7 Å². The zero-order valence-electron chi connectivity index (χ0n) is 9.39. The topological polar surface area (TPSA) is 123 Å². The lowest BCUT2D eigenvalue weighted by molar-refractivity contribution is 0.100. The van der Waals surface area contributed by atoms with E-state index in [1.165, 1.54) is 35.7 Å². The van der Waals surface area contributed by atoms with Gasteiger partial charge in [-0.15, -0.1) is 11.3 Å². The third-order valence-corrected chi connectivity index (χ3v) is 3.38. The Balaban J connectivity index is 2.64. The maximum atomic E-state index is 11.4. The summed E-state index contributed by atoms with van der Waals surface area (Å²) < 4.78 is 15.5. The van der Waals surface area contributed by atoms with Crippen molar-refractivity contribution in [1.82, 2.24) is 4.98 Å². The van der Waals surface area contributed by atoms with Crippen molar-refractivity contribution in [3.05, 3.63) is 35.3 Å². The zero-order valence-corrected chi connectivity index (χ0v) is 11.1. The van der Waals surface area contributed by atoms with Gasteiger partial charge in [0.2, 0.25) is 5.91 Å². The smallest absolute Gasteiger partial charge is 0.403 e. The summed E-state index contributed by atoms with van der Waals surface area (Å²) in [6.07, 6.45) is 1.50. The zero-order chi connectivity index (χ0) is 14.0. The number of primary amides is 1. The van der Waals surface area contributed by atoms with Crippen molar-refractivity contribution in [3.63, 3.8) is 0 Å². The van der Waals surface area contributed by atoms with Gasteiger partial charge in [0, 0.05) is 11.6 Å². The second kappa shape index (κ2) is 5.10. The number of carbonyl (C=O) groups excluding carboxylic acids is 1. The van der Waals surface area contributed by atoms with E-state index in [0.717, 1.165) is 0 Å². The summed E-state index contributed by atoms with van der Waals surface area (Å²) in [6.45, 7) is 0. The molecule has 1 heterocycles. The molecule has 2 rings (SSSR count). The number of amides is 1. The Morgan fingerprint density at radius 2 is 2.16 bits per heavy atom. The summed E-state index contributed by atoms with van der Waals surface area (Å²) in [7, 11) is -4.74. The highest BCUT2D eigenvalue weighted by Crippen LogP contribution is 2.43. The van der Waals surface area contributed by atoms with Gasteiger partial charge in [-0.25, -0.2) is 9.55 Å². The van der Waals surface area contributed by atoms with Crippen LogP contribution in [0.3, 0.4) is 0 Å². The second-order valence-corrected chi connectivity index (χ2v) is 5.52. The Morgan fingerprint density at radius 1 is 1.42 bits per heavy atom. The highest BCUT2D eigenvalue weighted by atomic mass is 32.1. The minimum atomic E-state index is -4.74. The molecule has 9 heteroatoms. The molecule has 0 atom stereocenters. The van der Waals surface area contributed by atoms with Gasteiger partial charge in [0.25, 0.3) is 0 Å². The molecule has 2 aromatic rings. The third kappa shape index (κ3) is 3.18. The summed E-state index contributed by atoms with van der Waals surface area (Å²) >= 11 is 1.20. The molecule has 0 spiro atoms. The number of thiazole rings is 1. The second-order valence-electron chi connectivity index (χ2n) is 3.46. The molecule has 0 aliphatic carbocycles. The first kappa shape index (κ1) is 13.7. The Labute approximate surface area is 111 Å². The van der Waals surface area contributed by atoms with E-state index in [4.69, 9.17) is 15.5 Å². The van der Waals surface area contributed by atoms with Gasteiger partial charge in [-0.05, 0) is 12.1 Å². The molecule has 0 bridgehead atoms. The average Bonchev–Trinajstić information content (AvgIpc) is 2.79. The molecule has 7 nitrogen and oxygen atoms in total. The summed E-state index contributed by atoms with van der Waals surface area (Å²) in [5.74, 6) is -0.874. The summed E-state index contributed by atoms with van der Waals surface area (Å²) in [6, 6.07) is 4.19. The van der Waals surface area contributed by atoms with Gasteiger partial charge in [0.15, 0.2) is 0 Å². The van der Waals surface area contributed by atoms with Gasteiger partial charge in [-0.2, -0.15) is 0 Å². The lowest BCUT2D eigenvalue weighted by Gasteiger charge is -2.12. The van der Waals surface area contributed by atoms with Crippen molar-refractivity contribution >= 4 is 25.1 Å². The number of phosphoric acid groups is 1. The molecule has 0 aliphatic heterocycles.